The van der Waals surface area contributed by atoms with Crippen molar-refractivity contribution < 1.29 is 4.79 Å². The second-order valence-electron chi connectivity index (χ2n) is 4.49. The van der Waals surface area contributed by atoms with E-state index in [1.807, 2.05) is 6.92 Å². The molecule has 2 aromatic heterocycles. The van der Waals surface area contributed by atoms with Crippen molar-refractivity contribution >= 4 is 34.8 Å². The lowest BCUT2D eigenvalue weighted by molar-refractivity contribution is -0.117. The molecule has 9 heteroatoms. The predicted octanol–water partition coefficient (Wildman–Crippen LogP) is 1.54. The number of anilines is 1. The second kappa shape index (κ2) is 5.87. The van der Waals surface area contributed by atoms with Crippen LogP contribution >= 0.6 is 23.2 Å². The number of aromatic nitrogens is 4. The number of rotatable bonds is 3. The van der Waals surface area contributed by atoms with Crippen molar-refractivity contribution in [1.82, 2.24) is 19.6 Å². The van der Waals surface area contributed by atoms with Crippen LogP contribution in [0.2, 0.25) is 10.0 Å². The third-order valence-electron chi connectivity index (χ3n) is 3.01. The Balaban J connectivity index is 2.20. The number of aryl methyl sites for hydroxylation is 2. The summed E-state index contributed by atoms with van der Waals surface area (Å²) in [4.78, 5) is 23.8. The van der Waals surface area contributed by atoms with Gasteiger partial charge in [-0.1, -0.05) is 23.2 Å². The number of hydrogen-bond donors (Lipinski definition) is 1. The highest BCUT2D eigenvalue weighted by molar-refractivity contribution is 6.41. The smallest absolute Gasteiger partial charge is 0.287 e. The van der Waals surface area contributed by atoms with E-state index in [-0.39, 0.29) is 16.6 Å². The molecule has 2 rings (SSSR count). The Bertz CT molecular complexity index is 766. The van der Waals surface area contributed by atoms with E-state index < -0.39 is 11.5 Å². The first-order chi connectivity index (χ1) is 9.81. The van der Waals surface area contributed by atoms with Gasteiger partial charge in [-0.05, 0) is 13.8 Å². The van der Waals surface area contributed by atoms with E-state index in [0.29, 0.717) is 11.4 Å². The third-order valence-corrected chi connectivity index (χ3v) is 3.76. The monoisotopic (exact) mass is 329 g/mol. The van der Waals surface area contributed by atoms with E-state index in [0.717, 1.165) is 10.4 Å². The lowest BCUT2D eigenvalue weighted by Gasteiger charge is -2.07. The lowest BCUT2D eigenvalue weighted by atomic mass is 10.3. The number of carbonyl (C=O) groups excluding carboxylic acids is 1. The Kier molecular flexibility index (Phi) is 4.34. The normalized spacial score (nSPS) is 10.7. The number of nitrogens with zero attached hydrogens (tertiary/aromatic N) is 4. The van der Waals surface area contributed by atoms with Gasteiger partial charge in [-0.3, -0.25) is 14.3 Å². The maximum Gasteiger partial charge on any atom is 0.287 e. The average molecular weight is 330 g/mol. The summed E-state index contributed by atoms with van der Waals surface area (Å²) in [7, 11) is 1.78. The van der Waals surface area contributed by atoms with Crippen molar-refractivity contribution in [3.8, 4) is 0 Å². The average Bonchev–Trinajstić information content (AvgIpc) is 2.66. The zero-order chi connectivity index (χ0) is 15.7. The molecule has 2 aromatic rings. The Morgan fingerprint density at radius 2 is 2.05 bits per heavy atom. The van der Waals surface area contributed by atoms with Crippen LogP contribution in [-0.2, 0) is 18.4 Å². The van der Waals surface area contributed by atoms with Crippen LogP contribution < -0.4 is 10.9 Å². The molecule has 0 fully saturated rings. The molecule has 0 radical (unpaired) electrons. The molecular weight excluding hydrogens is 317 g/mol. The zero-order valence-corrected chi connectivity index (χ0v) is 13.2. The predicted molar refractivity (Wildman–Crippen MR) is 79.8 cm³/mol. The van der Waals surface area contributed by atoms with Gasteiger partial charge in [0.25, 0.3) is 5.56 Å². The molecule has 2 heterocycles. The first kappa shape index (κ1) is 15.5. The van der Waals surface area contributed by atoms with Gasteiger partial charge >= 0.3 is 0 Å². The second-order valence-corrected chi connectivity index (χ2v) is 5.27. The Hall–Kier alpha value is -1.86. The van der Waals surface area contributed by atoms with E-state index in [9.17, 15) is 9.59 Å². The summed E-state index contributed by atoms with van der Waals surface area (Å²) >= 11 is 11.4. The molecule has 0 saturated carbocycles. The molecule has 0 aliphatic rings. The molecule has 0 aromatic carbocycles. The standard InChI is InChI=1S/C12H13Cl2N5O2/c1-6-11(7(2)18(3)17-6)16-9(20)5-19-12(21)10(14)8(13)4-15-19/h4H,5H2,1-3H3,(H,16,20). The van der Waals surface area contributed by atoms with E-state index in [2.05, 4.69) is 15.5 Å². The minimum atomic E-state index is -0.612. The van der Waals surface area contributed by atoms with Crippen LogP contribution in [0.3, 0.4) is 0 Å². The van der Waals surface area contributed by atoms with Gasteiger partial charge in [-0.15, -0.1) is 0 Å². The minimum Gasteiger partial charge on any atom is -0.321 e. The van der Waals surface area contributed by atoms with Gasteiger partial charge in [0.15, 0.2) is 0 Å². The summed E-state index contributed by atoms with van der Waals surface area (Å²) in [5, 5.41) is 10.6. The molecule has 112 valence electrons. The summed E-state index contributed by atoms with van der Waals surface area (Å²) in [6.07, 6.45) is 1.22. The first-order valence-corrected chi connectivity index (χ1v) is 6.78. The van der Waals surface area contributed by atoms with Crippen LogP contribution in [0.1, 0.15) is 11.4 Å². The lowest BCUT2D eigenvalue weighted by Crippen LogP contribution is -2.30. The van der Waals surface area contributed by atoms with Gasteiger partial charge in [0.1, 0.15) is 11.6 Å². The maximum atomic E-state index is 12.0. The molecule has 0 bridgehead atoms. The number of carbonyl (C=O) groups is 1. The highest BCUT2D eigenvalue weighted by Gasteiger charge is 2.15. The highest BCUT2D eigenvalue weighted by atomic mass is 35.5. The molecule has 0 spiro atoms. The van der Waals surface area contributed by atoms with Gasteiger partial charge in [0.05, 0.1) is 28.3 Å². The number of halogens is 2. The molecular formula is C12H13Cl2N5O2. The summed E-state index contributed by atoms with van der Waals surface area (Å²) in [5.74, 6) is -0.401. The SMILES string of the molecule is Cc1nn(C)c(C)c1NC(=O)Cn1ncc(Cl)c(Cl)c1=O. The van der Waals surface area contributed by atoms with Crippen LogP contribution in [0.5, 0.6) is 0 Å². The minimum absolute atomic E-state index is 0.0530. The largest absolute Gasteiger partial charge is 0.321 e. The molecule has 0 aliphatic carbocycles. The molecule has 0 unspecified atom stereocenters. The van der Waals surface area contributed by atoms with Gasteiger partial charge in [0.2, 0.25) is 5.91 Å². The fourth-order valence-electron chi connectivity index (χ4n) is 1.83. The number of amides is 1. The van der Waals surface area contributed by atoms with Crippen molar-refractivity contribution in [3.63, 3.8) is 0 Å². The summed E-state index contributed by atoms with van der Waals surface area (Å²) in [6, 6.07) is 0. The Morgan fingerprint density at radius 1 is 1.38 bits per heavy atom. The third kappa shape index (κ3) is 3.08. The highest BCUT2D eigenvalue weighted by Crippen LogP contribution is 2.18. The van der Waals surface area contributed by atoms with Crippen LogP contribution in [0.25, 0.3) is 0 Å². The van der Waals surface area contributed by atoms with Gasteiger partial charge < -0.3 is 5.32 Å². The van der Waals surface area contributed by atoms with E-state index in [1.165, 1.54) is 6.20 Å². The molecule has 1 N–H and O–H groups in total. The molecule has 7 nitrogen and oxygen atoms in total. The zero-order valence-electron chi connectivity index (χ0n) is 11.6. The van der Waals surface area contributed by atoms with Gasteiger partial charge in [0, 0.05) is 7.05 Å². The molecule has 21 heavy (non-hydrogen) atoms. The van der Waals surface area contributed by atoms with Gasteiger partial charge in [-0.25, -0.2) is 4.68 Å². The van der Waals surface area contributed by atoms with Crippen molar-refractivity contribution in [2.75, 3.05) is 5.32 Å². The topological polar surface area (TPSA) is 81.8 Å². The van der Waals surface area contributed by atoms with Crippen molar-refractivity contribution in [2.24, 2.45) is 7.05 Å². The quantitative estimate of drug-likeness (QED) is 0.925. The molecule has 0 aliphatic heterocycles. The Labute approximate surface area is 130 Å². The Morgan fingerprint density at radius 3 is 2.62 bits per heavy atom. The van der Waals surface area contributed by atoms with Crippen molar-refractivity contribution in [1.29, 1.82) is 0 Å². The van der Waals surface area contributed by atoms with E-state index >= 15 is 0 Å². The van der Waals surface area contributed by atoms with Crippen LogP contribution in [0.15, 0.2) is 11.0 Å². The van der Waals surface area contributed by atoms with E-state index in [1.54, 1.807) is 18.7 Å². The number of nitrogens with one attached hydrogen (secondary N) is 1. The summed E-state index contributed by atoms with van der Waals surface area (Å²) in [5.41, 5.74) is 1.52. The number of hydrogen-bond acceptors (Lipinski definition) is 4. The fourth-order valence-corrected chi connectivity index (χ4v) is 2.10. The van der Waals surface area contributed by atoms with Crippen LogP contribution in [0, 0.1) is 13.8 Å². The first-order valence-electron chi connectivity index (χ1n) is 6.02. The molecule has 1 amide bonds. The van der Waals surface area contributed by atoms with Crippen LogP contribution in [0.4, 0.5) is 5.69 Å². The van der Waals surface area contributed by atoms with Crippen molar-refractivity contribution in [2.45, 2.75) is 20.4 Å². The molecule has 0 saturated heterocycles. The molecule has 0 atom stereocenters. The summed E-state index contributed by atoms with van der Waals surface area (Å²) < 4.78 is 2.61. The van der Waals surface area contributed by atoms with Crippen LogP contribution in [-0.4, -0.2) is 25.5 Å². The fraction of sp³-hybridized carbons (Fsp3) is 0.333. The van der Waals surface area contributed by atoms with Crippen molar-refractivity contribution in [3.05, 3.63) is 38.0 Å². The van der Waals surface area contributed by atoms with E-state index in [4.69, 9.17) is 23.2 Å². The van der Waals surface area contributed by atoms with Gasteiger partial charge in [-0.2, -0.15) is 10.2 Å². The summed E-state index contributed by atoms with van der Waals surface area (Å²) in [6.45, 7) is 3.36. The maximum absolute atomic E-state index is 12.0.